The van der Waals surface area contributed by atoms with Gasteiger partial charge >= 0.3 is 0 Å². The topological polar surface area (TPSA) is 79.2 Å². The lowest BCUT2D eigenvalue weighted by Crippen LogP contribution is -2.36. The van der Waals surface area contributed by atoms with Gasteiger partial charge in [-0.15, -0.1) is 0 Å². The molecule has 2 aromatic heterocycles. The highest BCUT2D eigenvalue weighted by Gasteiger charge is 2.31. The van der Waals surface area contributed by atoms with E-state index in [1.807, 2.05) is 6.08 Å². The van der Waals surface area contributed by atoms with Crippen LogP contribution in [0.4, 0.5) is 11.6 Å². The Hall–Kier alpha value is -2.74. The van der Waals surface area contributed by atoms with E-state index < -0.39 is 0 Å². The zero-order valence-electron chi connectivity index (χ0n) is 19.0. The zero-order valence-corrected chi connectivity index (χ0v) is 19.0. The van der Waals surface area contributed by atoms with Crippen LogP contribution in [0.1, 0.15) is 67.9 Å². The lowest BCUT2D eigenvalue weighted by atomic mass is 9.92. The van der Waals surface area contributed by atoms with E-state index in [-0.39, 0.29) is 11.8 Å². The van der Waals surface area contributed by atoms with Crippen molar-refractivity contribution in [1.82, 2.24) is 24.4 Å². The van der Waals surface area contributed by atoms with Crippen LogP contribution in [0, 0.1) is 0 Å². The van der Waals surface area contributed by atoms with Crippen molar-refractivity contribution in [2.45, 2.75) is 57.4 Å². The number of imidazole rings is 1. The number of carbonyl (C=O) groups excluding carboxylic acids is 1. The van der Waals surface area contributed by atoms with Crippen molar-refractivity contribution in [1.29, 1.82) is 0 Å². The number of likely N-dealkylation sites (tertiary alicyclic amines) is 1. The lowest BCUT2D eigenvalue weighted by Gasteiger charge is -2.35. The maximum absolute atomic E-state index is 11.9. The van der Waals surface area contributed by atoms with Gasteiger partial charge in [0.15, 0.2) is 0 Å². The Balaban J connectivity index is 1.29. The highest BCUT2D eigenvalue weighted by Crippen LogP contribution is 2.38. The van der Waals surface area contributed by atoms with Gasteiger partial charge in [0.05, 0.1) is 5.69 Å². The summed E-state index contributed by atoms with van der Waals surface area (Å²) in [6.07, 6.45) is 10.8. The van der Waals surface area contributed by atoms with Gasteiger partial charge in [0.1, 0.15) is 23.8 Å². The van der Waals surface area contributed by atoms with Crippen LogP contribution in [0.3, 0.4) is 0 Å². The van der Waals surface area contributed by atoms with Crippen molar-refractivity contribution in [2.24, 2.45) is 0 Å². The number of amides is 1. The Morgan fingerprint density at radius 3 is 2.69 bits per heavy atom. The standard InChI is InChI=1S/C24H33N7O/c1-3-19-15-31(13-12-29-8-4-5-9-29)23(27-19)18-6-10-30(11-7-18)24-21-17(2)14-20(32)28-22(21)25-16-26-24/h3,15-18H,1,4-14H2,2H3,(H,25,26,28,32). The molecule has 2 aromatic rings. The summed E-state index contributed by atoms with van der Waals surface area (Å²) in [6.45, 7) is 12.4. The molecule has 1 atom stereocenters. The fourth-order valence-electron chi connectivity index (χ4n) is 5.41. The average molecular weight is 436 g/mol. The molecule has 0 aliphatic carbocycles. The maximum Gasteiger partial charge on any atom is 0.226 e. The number of anilines is 2. The van der Waals surface area contributed by atoms with Crippen LogP contribution in [-0.4, -0.2) is 63.0 Å². The summed E-state index contributed by atoms with van der Waals surface area (Å²) < 4.78 is 2.36. The molecule has 0 spiro atoms. The van der Waals surface area contributed by atoms with E-state index in [2.05, 4.69) is 49.4 Å². The molecule has 1 amide bonds. The molecule has 8 heteroatoms. The summed E-state index contributed by atoms with van der Waals surface area (Å²) >= 11 is 0. The minimum Gasteiger partial charge on any atom is -0.356 e. The Morgan fingerprint density at radius 2 is 1.94 bits per heavy atom. The molecule has 0 bridgehead atoms. The van der Waals surface area contributed by atoms with E-state index in [0.29, 0.717) is 18.2 Å². The van der Waals surface area contributed by atoms with Crippen molar-refractivity contribution in [2.75, 3.05) is 42.9 Å². The predicted molar refractivity (Wildman–Crippen MR) is 126 cm³/mol. The summed E-state index contributed by atoms with van der Waals surface area (Å²) in [4.78, 5) is 30.7. The van der Waals surface area contributed by atoms with Gasteiger partial charge in [-0.25, -0.2) is 15.0 Å². The van der Waals surface area contributed by atoms with Crippen LogP contribution >= 0.6 is 0 Å². The van der Waals surface area contributed by atoms with E-state index in [4.69, 9.17) is 4.98 Å². The van der Waals surface area contributed by atoms with E-state index in [1.54, 1.807) is 6.33 Å². The van der Waals surface area contributed by atoms with Gasteiger partial charge < -0.3 is 19.7 Å². The van der Waals surface area contributed by atoms with Crippen LogP contribution < -0.4 is 10.2 Å². The number of nitrogens with one attached hydrogen (secondary N) is 1. The number of aromatic nitrogens is 4. The van der Waals surface area contributed by atoms with Gasteiger partial charge in [0, 0.05) is 50.3 Å². The molecule has 1 N–H and O–H groups in total. The van der Waals surface area contributed by atoms with Crippen LogP contribution in [0.25, 0.3) is 6.08 Å². The van der Waals surface area contributed by atoms with Crippen molar-refractivity contribution in [3.8, 4) is 0 Å². The minimum atomic E-state index is 0.0344. The first-order chi connectivity index (χ1) is 15.6. The van der Waals surface area contributed by atoms with Gasteiger partial charge in [-0.2, -0.15) is 0 Å². The number of piperidine rings is 1. The van der Waals surface area contributed by atoms with Crippen molar-refractivity contribution < 1.29 is 4.79 Å². The number of fused-ring (bicyclic) bond motifs is 1. The highest BCUT2D eigenvalue weighted by molar-refractivity contribution is 5.94. The number of hydrogen-bond acceptors (Lipinski definition) is 6. The van der Waals surface area contributed by atoms with Gasteiger partial charge in [0.25, 0.3) is 0 Å². The second-order valence-corrected chi connectivity index (χ2v) is 9.34. The molecule has 32 heavy (non-hydrogen) atoms. The van der Waals surface area contributed by atoms with Crippen molar-refractivity contribution >= 4 is 23.6 Å². The summed E-state index contributed by atoms with van der Waals surface area (Å²) in [5.41, 5.74) is 2.05. The molecule has 3 aliphatic heterocycles. The number of carbonyl (C=O) groups is 1. The normalized spacial score (nSPS) is 22.1. The summed E-state index contributed by atoms with van der Waals surface area (Å²) in [5.74, 6) is 3.45. The SMILES string of the molecule is C=Cc1cn(CCN2CCCC2)c(C2CCN(c3ncnc4c3C(C)CC(=O)N4)CC2)n1. The van der Waals surface area contributed by atoms with E-state index in [1.165, 1.54) is 31.8 Å². The largest absolute Gasteiger partial charge is 0.356 e. The molecular weight excluding hydrogens is 402 g/mol. The van der Waals surface area contributed by atoms with Crippen molar-refractivity contribution in [3.05, 3.63) is 36.2 Å². The number of nitrogens with zero attached hydrogens (tertiary/aromatic N) is 6. The van der Waals surface area contributed by atoms with Gasteiger partial charge in [-0.3, -0.25) is 4.79 Å². The summed E-state index contributed by atoms with van der Waals surface area (Å²) in [5, 5.41) is 2.91. The molecule has 1 unspecified atom stereocenters. The Labute approximate surface area is 189 Å². The van der Waals surface area contributed by atoms with Gasteiger partial charge in [-0.1, -0.05) is 13.5 Å². The van der Waals surface area contributed by atoms with Crippen molar-refractivity contribution in [3.63, 3.8) is 0 Å². The Kier molecular flexibility index (Phi) is 5.95. The molecule has 2 fully saturated rings. The molecule has 170 valence electrons. The van der Waals surface area contributed by atoms with E-state index in [9.17, 15) is 4.79 Å². The van der Waals surface area contributed by atoms with E-state index in [0.717, 1.165) is 56.1 Å². The Bertz CT molecular complexity index is 986. The Morgan fingerprint density at radius 1 is 1.16 bits per heavy atom. The lowest BCUT2D eigenvalue weighted by molar-refractivity contribution is -0.116. The summed E-state index contributed by atoms with van der Waals surface area (Å²) in [6, 6.07) is 0. The zero-order chi connectivity index (χ0) is 22.1. The first-order valence-electron chi connectivity index (χ1n) is 11.9. The smallest absolute Gasteiger partial charge is 0.226 e. The molecular formula is C24H33N7O. The first-order valence-corrected chi connectivity index (χ1v) is 11.9. The molecule has 0 aromatic carbocycles. The molecule has 5 rings (SSSR count). The van der Waals surface area contributed by atoms with Crippen LogP contribution in [0.2, 0.25) is 0 Å². The maximum atomic E-state index is 11.9. The van der Waals surface area contributed by atoms with Crippen LogP contribution in [0.5, 0.6) is 0 Å². The third-order valence-electron chi connectivity index (χ3n) is 7.16. The van der Waals surface area contributed by atoms with E-state index >= 15 is 0 Å². The van der Waals surface area contributed by atoms with Crippen LogP contribution in [0.15, 0.2) is 19.1 Å². The minimum absolute atomic E-state index is 0.0344. The molecule has 8 nitrogen and oxygen atoms in total. The number of hydrogen-bond donors (Lipinski definition) is 1. The van der Waals surface area contributed by atoms with Gasteiger partial charge in [-0.05, 0) is 50.8 Å². The first kappa shape index (κ1) is 21.1. The van der Waals surface area contributed by atoms with Gasteiger partial charge in [0.2, 0.25) is 5.91 Å². The number of rotatable bonds is 6. The molecule has 0 saturated carbocycles. The average Bonchev–Trinajstić information content (AvgIpc) is 3.47. The fourth-order valence-corrected chi connectivity index (χ4v) is 5.41. The monoisotopic (exact) mass is 435 g/mol. The molecule has 2 saturated heterocycles. The molecule has 0 radical (unpaired) electrons. The van der Waals surface area contributed by atoms with Crippen LogP contribution in [-0.2, 0) is 11.3 Å². The fraction of sp³-hybridized carbons (Fsp3) is 0.583. The summed E-state index contributed by atoms with van der Waals surface area (Å²) in [7, 11) is 0. The highest BCUT2D eigenvalue weighted by atomic mass is 16.1. The second-order valence-electron chi connectivity index (χ2n) is 9.34. The predicted octanol–water partition coefficient (Wildman–Crippen LogP) is 3.24. The quantitative estimate of drug-likeness (QED) is 0.750. The molecule has 3 aliphatic rings. The molecule has 5 heterocycles. The third kappa shape index (κ3) is 4.16. The third-order valence-corrected chi connectivity index (χ3v) is 7.16. The second kappa shape index (κ2) is 9.02.